The van der Waals surface area contributed by atoms with Crippen molar-refractivity contribution >= 4 is 11.6 Å². The van der Waals surface area contributed by atoms with E-state index in [9.17, 15) is 0 Å². The van der Waals surface area contributed by atoms with Crippen molar-refractivity contribution in [3.8, 4) is 0 Å². The molecular formula is C16H18ClN. The largest absolute Gasteiger partial charge is 0.324 e. The number of hydrogen-bond acceptors (Lipinski definition) is 1. The molecule has 0 amide bonds. The number of nitrogens with two attached hydrogens (primary N) is 1. The fraction of sp³-hybridized carbons (Fsp3) is 0.250. The zero-order valence-electron chi connectivity index (χ0n) is 10.8. The lowest BCUT2D eigenvalue weighted by molar-refractivity contribution is 0.718. The molecule has 0 saturated heterocycles. The normalized spacial score (nSPS) is 12.4. The van der Waals surface area contributed by atoms with Gasteiger partial charge >= 0.3 is 0 Å². The molecule has 1 atom stereocenters. The molecule has 0 saturated carbocycles. The van der Waals surface area contributed by atoms with Gasteiger partial charge in [0.2, 0.25) is 0 Å². The Kier molecular flexibility index (Phi) is 4.05. The van der Waals surface area contributed by atoms with Gasteiger partial charge in [0, 0.05) is 11.1 Å². The second kappa shape index (κ2) is 5.55. The molecule has 0 aliphatic carbocycles. The van der Waals surface area contributed by atoms with E-state index in [1.54, 1.807) is 0 Å². The fourth-order valence-electron chi connectivity index (χ4n) is 2.17. The van der Waals surface area contributed by atoms with Gasteiger partial charge in [-0.1, -0.05) is 41.9 Å². The van der Waals surface area contributed by atoms with Gasteiger partial charge in [-0.05, 0) is 54.7 Å². The van der Waals surface area contributed by atoms with E-state index in [-0.39, 0.29) is 6.04 Å². The second-order valence-electron chi connectivity index (χ2n) is 4.80. The maximum absolute atomic E-state index is 6.28. The third-order valence-electron chi connectivity index (χ3n) is 3.19. The number of aryl methyl sites for hydroxylation is 2. The fourth-order valence-corrected chi connectivity index (χ4v) is 2.47. The molecule has 1 nitrogen and oxygen atoms in total. The lowest BCUT2D eigenvalue weighted by atomic mass is 9.96. The molecule has 18 heavy (non-hydrogen) atoms. The Balaban J connectivity index is 2.22. The van der Waals surface area contributed by atoms with Gasteiger partial charge in [0.05, 0.1) is 0 Å². The van der Waals surface area contributed by atoms with E-state index in [0.717, 1.165) is 22.6 Å². The van der Waals surface area contributed by atoms with Crippen molar-refractivity contribution in [2.24, 2.45) is 5.73 Å². The summed E-state index contributed by atoms with van der Waals surface area (Å²) in [4.78, 5) is 0. The minimum absolute atomic E-state index is 0.0106. The molecule has 1 unspecified atom stereocenters. The van der Waals surface area contributed by atoms with Crippen molar-refractivity contribution in [1.82, 2.24) is 0 Å². The van der Waals surface area contributed by atoms with Crippen molar-refractivity contribution in [1.29, 1.82) is 0 Å². The summed E-state index contributed by atoms with van der Waals surface area (Å²) in [5.74, 6) is 0. The van der Waals surface area contributed by atoms with Crippen molar-refractivity contribution in [2.45, 2.75) is 26.3 Å². The first-order chi connectivity index (χ1) is 8.56. The Bertz CT molecular complexity index is 528. The van der Waals surface area contributed by atoms with Gasteiger partial charge in [-0.3, -0.25) is 0 Å². The second-order valence-corrected chi connectivity index (χ2v) is 5.24. The zero-order valence-corrected chi connectivity index (χ0v) is 11.5. The summed E-state index contributed by atoms with van der Waals surface area (Å²) in [6.45, 7) is 4.15. The van der Waals surface area contributed by atoms with Gasteiger partial charge in [-0.15, -0.1) is 0 Å². The van der Waals surface area contributed by atoms with Gasteiger partial charge < -0.3 is 5.73 Å². The number of benzene rings is 2. The van der Waals surface area contributed by atoms with E-state index in [1.165, 1.54) is 11.1 Å². The molecule has 2 aromatic rings. The summed E-state index contributed by atoms with van der Waals surface area (Å²) >= 11 is 6.07. The van der Waals surface area contributed by atoms with Crippen molar-refractivity contribution in [3.63, 3.8) is 0 Å². The molecule has 0 fully saturated rings. The smallest absolute Gasteiger partial charge is 0.0411 e. The zero-order chi connectivity index (χ0) is 13.1. The molecule has 0 heterocycles. The highest BCUT2D eigenvalue weighted by atomic mass is 35.5. The van der Waals surface area contributed by atoms with Crippen LogP contribution in [0.5, 0.6) is 0 Å². The van der Waals surface area contributed by atoms with Gasteiger partial charge in [-0.25, -0.2) is 0 Å². The van der Waals surface area contributed by atoms with Crippen LogP contribution in [0.4, 0.5) is 0 Å². The summed E-state index contributed by atoms with van der Waals surface area (Å²) < 4.78 is 0. The third kappa shape index (κ3) is 3.12. The number of rotatable bonds is 3. The number of halogens is 1. The van der Waals surface area contributed by atoms with Crippen LogP contribution in [0.1, 0.15) is 28.3 Å². The Morgan fingerprint density at radius 3 is 2.50 bits per heavy atom. The van der Waals surface area contributed by atoms with E-state index >= 15 is 0 Å². The number of hydrogen-bond donors (Lipinski definition) is 1. The minimum atomic E-state index is -0.0106. The predicted molar refractivity (Wildman–Crippen MR) is 78.0 cm³/mol. The SMILES string of the molecule is Cc1cc(Cl)cc(C(N)Cc2ccccc2C)c1. The third-order valence-corrected chi connectivity index (χ3v) is 3.41. The summed E-state index contributed by atoms with van der Waals surface area (Å²) in [5.41, 5.74) is 11.1. The molecule has 2 aromatic carbocycles. The molecular weight excluding hydrogens is 242 g/mol. The van der Waals surface area contributed by atoms with Gasteiger partial charge in [0.25, 0.3) is 0 Å². The lowest BCUT2D eigenvalue weighted by Gasteiger charge is -2.15. The van der Waals surface area contributed by atoms with Crippen LogP contribution >= 0.6 is 11.6 Å². The van der Waals surface area contributed by atoms with E-state index < -0.39 is 0 Å². The van der Waals surface area contributed by atoms with E-state index in [0.29, 0.717) is 0 Å². The van der Waals surface area contributed by atoms with Gasteiger partial charge in [0.1, 0.15) is 0 Å². The Labute approximate surface area is 114 Å². The molecule has 0 spiro atoms. The van der Waals surface area contributed by atoms with Crippen LogP contribution in [0, 0.1) is 13.8 Å². The summed E-state index contributed by atoms with van der Waals surface area (Å²) in [5, 5.41) is 0.755. The molecule has 2 heteroatoms. The topological polar surface area (TPSA) is 26.0 Å². The van der Waals surface area contributed by atoms with Crippen LogP contribution in [-0.4, -0.2) is 0 Å². The molecule has 0 bridgehead atoms. The first kappa shape index (κ1) is 13.1. The highest BCUT2D eigenvalue weighted by Crippen LogP contribution is 2.22. The molecule has 0 aromatic heterocycles. The summed E-state index contributed by atoms with van der Waals surface area (Å²) in [6, 6.07) is 14.4. The van der Waals surface area contributed by atoms with Gasteiger partial charge in [-0.2, -0.15) is 0 Å². The highest BCUT2D eigenvalue weighted by Gasteiger charge is 2.09. The van der Waals surface area contributed by atoms with Crippen LogP contribution in [-0.2, 0) is 6.42 Å². The predicted octanol–water partition coefficient (Wildman–Crippen LogP) is 4.20. The van der Waals surface area contributed by atoms with E-state index in [4.69, 9.17) is 17.3 Å². The minimum Gasteiger partial charge on any atom is -0.324 e. The first-order valence-electron chi connectivity index (χ1n) is 6.13. The van der Waals surface area contributed by atoms with Crippen LogP contribution in [0.3, 0.4) is 0 Å². The maximum atomic E-state index is 6.28. The summed E-state index contributed by atoms with van der Waals surface area (Å²) in [6.07, 6.45) is 0.840. The lowest BCUT2D eigenvalue weighted by Crippen LogP contribution is -2.14. The highest BCUT2D eigenvalue weighted by molar-refractivity contribution is 6.30. The van der Waals surface area contributed by atoms with Crippen LogP contribution in [0.25, 0.3) is 0 Å². The van der Waals surface area contributed by atoms with Crippen molar-refractivity contribution in [2.75, 3.05) is 0 Å². The summed E-state index contributed by atoms with van der Waals surface area (Å²) in [7, 11) is 0. The molecule has 2 N–H and O–H groups in total. The van der Waals surface area contributed by atoms with E-state index in [2.05, 4.69) is 31.2 Å². The van der Waals surface area contributed by atoms with E-state index in [1.807, 2.05) is 25.1 Å². The van der Waals surface area contributed by atoms with Crippen molar-refractivity contribution < 1.29 is 0 Å². The molecule has 0 aliphatic rings. The van der Waals surface area contributed by atoms with Gasteiger partial charge in [0.15, 0.2) is 0 Å². The Morgan fingerprint density at radius 1 is 1.11 bits per heavy atom. The average molecular weight is 260 g/mol. The first-order valence-corrected chi connectivity index (χ1v) is 6.51. The van der Waals surface area contributed by atoms with Crippen LogP contribution in [0.2, 0.25) is 5.02 Å². The Hall–Kier alpha value is -1.31. The monoisotopic (exact) mass is 259 g/mol. The average Bonchev–Trinajstić information content (AvgIpc) is 2.31. The standard InChI is InChI=1S/C16H18ClN/c1-11-7-14(9-15(17)8-11)16(18)10-13-6-4-3-5-12(13)2/h3-9,16H,10,18H2,1-2H3. The van der Waals surface area contributed by atoms with Crippen molar-refractivity contribution in [3.05, 3.63) is 69.7 Å². The Morgan fingerprint density at radius 2 is 1.83 bits per heavy atom. The molecule has 2 rings (SSSR count). The van der Waals surface area contributed by atoms with Crippen LogP contribution in [0.15, 0.2) is 42.5 Å². The van der Waals surface area contributed by atoms with Crippen LogP contribution < -0.4 is 5.73 Å². The quantitative estimate of drug-likeness (QED) is 0.878. The molecule has 0 aliphatic heterocycles. The molecule has 94 valence electrons. The molecule has 0 radical (unpaired) electrons. The maximum Gasteiger partial charge on any atom is 0.0411 e.